The molecule has 0 saturated carbocycles. The lowest BCUT2D eigenvalue weighted by atomic mass is 10.2. The van der Waals surface area contributed by atoms with Crippen LogP contribution in [0.4, 0.5) is 16.3 Å². The fourth-order valence-electron chi connectivity index (χ4n) is 2.88. The first-order chi connectivity index (χ1) is 12.7. The molecule has 2 saturated heterocycles. The number of aromatic nitrogens is 3. The molecule has 1 N–H and O–H groups in total. The number of hydrogen-bond acceptors (Lipinski definition) is 8. The molecule has 4 rings (SSSR count). The van der Waals surface area contributed by atoms with Crippen molar-refractivity contribution in [2.45, 2.75) is 0 Å². The van der Waals surface area contributed by atoms with Crippen LogP contribution in [0, 0.1) is 0 Å². The van der Waals surface area contributed by atoms with Crippen LogP contribution in [-0.4, -0.2) is 52.3 Å². The molecule has 2 amide bonds. The zero-order valence-corrected chi connectivity index (χ0v) is 14.6. The molecule has 0 unspecified atom stereocenters. The van der Waals surface area contributed by atoms with Crippen LogP contribution in [-0.2, 0) is 4.79 Å². The smallest absolute Gasteiger partial charge is 0.290 e. The highest BCUT2D eigenvalue weighted by Gasteiger charge is 2.25. The van der Waals surface area contributed by atoms with Gasteiger partial charge in [-0.2, -0.15) is 0 Å². The number of hydrogen-bond donors (Lipinski definition) is 1. The number of nitrogens with zero attached hydrogens (tertiary/aromatic N) is 5. The van der Waals surface area contributed by atoms with Gasteiger partial charge in [0.15, 0.2) is 5.82 Å². The summed E-state index contributed by atoms with van der Waals surface area (Å²) in [5, 5.41) is 1.85. The maximum Gasteiger partial charge on any atom is 0.290 e. The molecule has 8 nitrogen and oxygen atoms in total. The van der Waals surface area contributed by atoms with Gasteiger partial charge in [-0.1, -0.05) is 0 Å². The van der Waals surface area contributed by atoms with Crippen molar-refractivity contribution in [2.24, 2.45) is 0 Å². The number of amides is 2. The third-order valence-electron chi connectivity index (χ3n) is 4.18. The van der Waals surface area contributed by atoms with Gasteiger partial charge in [0.25, 0.3) is 11.1 Å². The van der Waals surface area contributed by atoms with E-state index in [1.54, 1.807) is 18.5 Å². The first-order valence-electron chi connectivity index (χ1n) is 8.17. The Morgan fingerprint density at radius 1 is 1.08 bits per heavy atom. The normalized spacial score (nSPS) is 19.2. The summed E-state index contributed by atoms with van der Waals surface area (Å²) in [4.78, 5) is 40.6. The van der Waals surface area contributed by atoms with E-state index >= 15 is 0 Å². The lowest BCUT2D eigenvalue weighted by Crippen LogP contribution is -2.46. The summed E-state index contributed by atoms with van der Waals surface area (Å²) in [6.07, 6.45) is 6.85. The van der Waals surface area contributed by atoms with Crippen LogP contribution >= 0.6 is 11.8 Å². The lowest BCUT2D eigenvalue weighted by Gasteiger charge is -2.36. The number of nitrogens with one attached hydrogen (secondary N) is 1. The molecule has 132 valence electrons. The van der Waals surface area contributed by atoms with E-state index in [0.29, 0.717) is 10.7 Å². The van der Waals surface area contributed by atoms with E-state index in [1.165, 1.54) is 0 Å². The van der Waals surface area contributed by atoms with Gasteiger partial charge in [-0.3, -0.25) is 19.9 Å². The minimum Gasteiger partial charge on any atom is -0.367 e. The Hall–Kier alpha value is -2.94. The molecule has 0 spiro atoms. The second-order valence-electron chi connectivity index (χ2n) is 5.81. The molecule has 0 bridgehead atoms. The molecule has 9 heteroatoms. The average Bonchev–Trinajstić information content (AvgIpc) is 3.00. The highest BCUT2D eigenvalue weighted by Crippen LogP contribution is 2.25. The fourth-order valence-corrected chi connectivity index (χ4v) is 3.53. The summed E-state index contributed by atoms with van der Waals surface area (Å²) in [5.74, 6) is 0.830. The SMILES string of the molecule is O=C1NC(=O)/C(=C/c2nccc(N3CCN(c4cccnc4)CC3)n2)S1. The molecular formula is C17H16N6O2S. The van der Waals surface area contributed by atoms with Crippen molar-refractivity contribution < 1.29 is 9.59 Å². The first kappa shape index (κ1) is 16.5. The summed E-state index contributed by atoms with van der Waals surface area (Å²) >= 11 is 0.863. The summed E-state index contributed by atoms with van der Waals surface area (Å²) in [5.41, 5.74) is 1.12. The predicted octanol–water partition coefficient (Wildman–Crippen LogP) is 1.52. The highest BCUT2D eigenvalue weighted by molar-refractivity contribution is 8.18. The van der Waals surface area contributed by atoms with Crippen LogP contribution in [0.5, 0.6) is 0 Å². The van der Waals surface area contributed by atoms with E-state index in [9.17, 15) is 9.59 Å². The van der Waals surface area contributed by atoms with Crippen molar-refractivity contribution in [1.29, 1.82) is 0 Å². The van der Waals surface area contributed by atoms with Gasteiger partial charge in [0.05, 0.1) is 16.8 Å². The van der Waals surface area contributed by atoms with Crippen molar-refractivity contribution in [2.75, 3.05) is 36.0 Å². The maximum absolute atomic E-state index is 11.6. The molecule has 4 heterocycles. The summed E-state index contributed by atoms with van der Waals surface area (Å²) in [6.45, 7) is 3.41. The van der Waals surface area contributed by atoms with Gasteiger partial charge in [-0.15, -0.1) is 0 Å². The van der Waals surface area contributed by atoms with Crippen LogP contribution in [0.2, 0.25) is 0 Å². The van der Waals surface area contributed by atoms with E-state index in [1.807, 2.05) is 18.3 Å². The van der Waals surface area contributed by atoms with E-state index in [0.717, 1.165) is 49.4 Å². The minimum atomic E-state index is -0.404. The molecule has 2 aromatic heterocycles. The molecule has 2 aliphatic heterocycles. The van der Waals surface area contributed by atoms with E-state index in [4.69, 9.17) is 0 Å². The highest BCUT2D eigenvalue weighted by atomic mass is 32.2. The Kier molecular flexibility index (Phi) is 4.53. The van der Waals surface area contributed by atoms with E-state index < -0.39 is 5.91 Å². The van der Waals surface area contributed by atoms with Crippen molar-refractivity contribution in [3.63, 3.8) is 0 Å². The summed E-state index contributed by atoms with van der Waals surface area (Å²) in [7, 11) is 0. The number of anilines is 2. The third-order valence-corrected chi connectivity index (χ3v) is 4.99. The second-order valence-corrected chi connectivity index (χ2v) is 6.83. The zero-order chi connectivity index (χ0) is 17.9. The molecule has 2 fully saturated rings. The minimum absolute atomic E-state index is 0.313. The Morgan fingerprint density at radius 2 is 1.88 bits per heavy atom. The maximum atomic E-state index is 11.6. The Bertz CT molecular complexity index is 865. The van der Waals surface area contributed by atoms with Crippen molar-refractivity contribution in [1.82, 2.24) is 20.3 Å². The van der Waals surface area contributed by atoms with Gasteiger partial charge in [-0.25, -0.2) is 9.97 Å². The van der Waals surface area contributed by atoms with E-state index in [-0.39, 0.29) is 5.24 Å². The second kappa shape index (κ2) is 7.12. The zero-order valence-electron chi connectivity index (χ0n) is 13.8. The quantitative estimate of drug-likeness (QED) is 0.816. The lowest BCUT2D eigenvalue weighted by molar-refractivity contribution is -0.115. The molecule has 2 aromatic rings. The topological polar surface area (TPSA) is 91.3 Å². The Morgan fingerprint density at radius 3 is 2.58 bits per heavy atom. The summed E-state index contributed by atoms with van der Waals surface area (Å²) < 4.78 is 0. The largest absolute Gasteiger partial charge is 0.367 e. The van der Waals surface area contributed by atoms with E-state index in [2.05, 4.69) is 36.1 Å². The molecular weight excluding hydrogens is 352 g/mol. The number of pyridine rings is 1. The molecule has 2 aliphatic rings. The first-order valence-corrected chi connectivity index (χ1v) is 8.98. The van der Waals surface area contributed by atoms with Crippen LogP contribution in [0.3, 0.4) is 0 Å². The van der Waals surface area contributed by atoms with Gasteiger partial charge < -0.3 is 9.80 Å². The number of piperazine rings is 1. The van der Waals surface area contributed by atoms with Crippen molar-refractivity contribution in [3.8, 4) is 0 Å². The van der Waals surface area contributed by atoms with Crippen LogP contribution in [0.15, 0.2) is 41.7 Å². The van der Waals surface area contributed by atoms with Gasteiger partial charge in [0.1, 0.15) is 5.82 Å². The molecule has 0 aliphatic carbocycles. The number of imide groups is 1. The van der Waals surface area contributed by atoms with Crippen LogP contribution < -0.4 is 15.1 Å². The monoisotopic (exact) mass is 368 g/mol. The summed E-state index contributed by atoms with van der Waals surface area (Å²) in [6, 6.07) is 5.85. The number of carbonyl (C=O) groups is 2. The molecule has 0 aromatic carbocycles. The van der Waals surface area contributed by atoms with Gasteiger partial charge in [-0.05, 0) is 30.0 Å². The van der Waals surface area contributed by atoms with Gasteiger partial charge in [0.2, 0.25) is 0 Å². The Labute approximate surface area is 154 Å². The van der Waals surface area contributed by atoms with Crippen LogP contribution in [0.25, 0.3) is 6.08 Å². The number of rotatable bonds is 3. The van der Waals surface area contributed by atoms with Crippen molar-refractivity contribution >= 4 is 40.5 Å². The van der Waals surface area contributed by atoms with Gasteiger partial charge >= 0.3 is 0 Å². The number of thioether (sulfide) groups is 1. The fraction of sp³-hybridized carbons (Fsp3) is 0.235. The van der Waals surface area contributed by atoms with Gasteiger partial charge in [0, 0.05) is 44.6 Å². The Balaban J connectivity index is 1.45. The number of carbonyl (C=O) groups excluding carboxylic acids is 2. The van der Waals surface area contributed by atoms with Crippen molar-refractivity contribution in [3.05, 3.63) is 47.5 Å². The standard InChI is InChI=1S/C17H16N6O2S/c24-16-13(26-17(25)21-16)10-14-19-5-3-15(20-14)23-8-6-22(7-9-23)12-2-1-4-18-11-12/h1-5,10-11H,6-9H2,(H,21,24,25)/b13-10-. The molecule has 26 heavy (non-hydrogen) atoms. The third kappa shape index (κ3) is 3.52. The molecule has 0 radical (unpaired) electrons. The molecule has 0 atom stereocenters. The average molecular weight is 368 g/mol. The van der Waals surface area contributed by atoms with Crippen LogP contribution in [0.1, 0.15) is 5.82 Å². The predicted molar refractivity (Wildman–Crippen MR) is 99.8 cm³/mol.